The molecule has 0 bridgehead atoms. The van der Waals surface area contributed by atoms with Gasteiger partial charge in [0, 0.05) is 13.1 Å². The molecular weight excluding hydrogens is 304 g/mol. The highest BCUT2D eigenvalue weighted by Gasteiger charge is 2.22. The van der Waals surface area contributed by atoms with Gasteiger partial charge in [-0.05, 0) is 37.7 Å². The van der Waals surface area contributed by atoms with E-state index in [9.17, 15) is 0 Å². The van der Waals surface area contributed by atoms with Crippen LogP contribution in [-0.2, 0) is 6.54 Å². The van der Waals surface area contributed by atoms with E-state index in [0.29, 0.717) is 13.2 Å². The van der Waals surface area contributed by atoms with Crippen LogP contribution in [0.3, 0.4) is 0 Å². The van der Waals surface area contributed by atoms with Gasteiger partial charge in [0.2, 0.25) is 0 Å². The van der Waals surface area contributed by atoms with Crippen molar-refractivity contribution in [3.63, 3.8) is 0 Å². The monoisotopic (exact) mass is 328 g/mol. The first-order valence-electron chi connectivity index (χ1n) is 8.47. The van der Waals surface area contributed by atoms with Gasteiger partial charge >= 0.3 is 0 Å². The Hall–Kier alpha value is -2.27. The number of pyridine rings is 1. The summed E-state index contributed by atoms with van der Waals surface area (Å²) in [6.07, 6.45) is 1.81. The van der Waals surface area contributed by atoms with Crippen LogP contribution in [0, 0.1) is 0 Å². The molecule has 128 valence electrons. The highest BCUT2D eigenvalue weighted by Crippen LogP contribution is 2.31. The van der Waals surface area contributed by atoms with E-state index < -0.39 is 0 Å². The minimum atomic E-state index is 0.0301. The summed E-state index contributed by atoms with van der Waals surface area (Å²) in [5.41, 5.74) is 1.03. The van der Waals surface area contributed by atoms with E-state index >= 15 is 0 Å². The van der Waals surface area contributed by atoms with Crippen LogP contribution in [0.2, 0.25) is 0 Å². The fourth-order valence-corrected chi connectivity index (χ4v) is 2.73. The largest absolute Gasteiger partial charge is 0.492 e. The average molecular weight is 328 g/mol. The Balaban J connectivity index is 1.57. The minimum absolute atomic E-state index is 0.0301. The summed E-state index contributed by atoms with van der Waals surface area (Å²) in [6, 6.07) is 11.8. The number of benzene rings is 1. The second-order valence-electron chi connectivity index (χ2n) is 5.74. The van der Waals surface area contributed by atoms with Crippen molar-refractivity contribution in [2.45, 2.75) is 26.5 Å². The summed E-state index contributed by atoms with van der Waals surface area (Å²) in [5, 5.41) is 0. The fraction of sp³-hybridized carbons (Fsp3) is 0.421. The number of nitrogens with zero attached hydrogens (tertiary/aromatic N) is 2. The molecule has 0 saturated heterocycles. The number of rotatable bonds is 7. The van der Waals surface area contributed by atoms with Gasteiger partial charge in [-0.2, -0.15) is 0 Å². The van der Waals surface area contributed by atoms with Gasteiger partial charge in [0.15, 0.2) is 11.5 Å². The van der Waals surface area contributed by atoms with Gasteiger partial charge < -0.3 is 14.2 Å². The van der Waals surface area contributed by atoms with Crippen molar-refractivity contribution in [2.24, 2.45) is 0 Å². The van der Waals surface area contributed by atoms with Crippen LogP contribution in [-0.4, -0.2) is 42.3 Å². The lowest BCUT2D eigenvalue weighted by Crippen LogP contribution is -2.40. The Morgan fingerprint density at radius 3 is 2.71 bits per heavy atom. The molecule has 24 heavy (non-hydrogen) atoms. The molecule has 1 aromatic carbocycles. The summed E-state index contributed by atoms with van der Waals surface area (Å²) in [6.45, 7) is 7.86. The van der Waals surface area contributed by atoms with Crippen LogP contribution in [0.1, 0.15) is 19.5 Å². The van der Waals surface area contributed by atoms with E-state index in [1.807, 2.05) is 43.3 Å². The zero-order valence-electron chi connectivity index (χ0n) is 14.3. The van der Waals surface area contributed by atoms with Crippen molar-refractivity contribution < 1.29 is 14.2 Å². The van der Waals surface area contributed by atoms with Crippen LogP contribution in [0.5, 0.6) is 17.2 Å². The van der Waals surface area contributed by atoms with Crippen LogP contribution in [0.4, 0.5) is 0 Å². The van der Waals surface area contributed by atoms with Crippen molar-refractivity contribution in [2.75, 3.05) is 26.3 Å². The number of fused-ring (bicyclic) bond motifs is 1. The molecule has 0 fully saturated rings. The topological polar surface area (TPSA) is 43.8 Å². The molecule has 0 N–H and O–H groups in total. The number of likely N-dealkylation sites (N-methyl/N-ethyl adjacent to an activating group) is 1. The zero-order chi connectivity index (χ0) is 16.8. The molecule has 0 spiro atoms. The van der Waals surface area contributed by atoms with Gasteiger partial charge in [0.1, 0.15) is 18.5 Å². The summed E-state index contributed by atoms with van der Waals surface area (Å²) in [4.78, 5) is 6.79. The number of para-hydroxylation sites is 2. The molecule has 0 aliphatic carbocycles. The Morgan fingerprint density at radius 2 is 2.00 bits per heavy atom. The van der Waals surface area contributed by atoms with Gasteiger partial charge in [-0.1, -0.05) is 19.1 Å². The molecule has 2 heterocycles. The summed E-state index contributed by atoms with van der Waals surface area (Å²) in [7, 11) is 0. The van der Waals surface area contributed by atoms with E-state index in [-0.39, 0.29) is 6.10 Å². The van der Waals surface area contributed by atoms with E-state index in [1.54, 1.807) is 6.20 Å². The second kappa shape index (κ2) is 8.02. The molecule has 5 nitrogen and oxygen atoms in total. The molecule has 1 aliphatic heterocycles. The number of hydrogen-bond donors (Lipinski definition) is 0. The molecule has 1 atom stereocenters. The maximum absolute atomic E-state index is 6.05. The van der Waals surface area contributed by atoms with Gasteiger partial charge in [-0.15, -0.1) is 0 Å². The minimum Gasteiger partial charge on any atom is -0.492 e. The van der Waals surface area contributed by atoms with Crippen molar-refractivity contribution in [1.82, 2.24) is 9.88 Å². The second-order valence-corrected chi connectivity index (χ2v) is 5.74. The van der Waals surface area contributed by atoms with Crippen molar-refractivity contribution in [1.29, 1.82) is 0 Å². The molecular formula is C19H24N2O3. The van der Waals surface area contributed by atoms with E-state index in [1.165, 1.54) is 0 Å². The van der Waals surface area contributed by atoms with Crippen LogP contribution < -0.4 is 14.2 Å². The number of aromatic nitrogens is 1. The van der Waals surface area contributed by atoms with Gasteiger partial charge in [-0.25, -0.2) is 0 Å². The lowest BCUT2D eigenvalue weighted by Gasteiger charge is -2.30. The maximum atomic E-state index is 6.05. The molecule has 0 amide bonds. The van der Waals surface area contributed by atoms with Crippen LogP contribution in [0.15, 0.2) is 42.6 Å². The lowest BCUT2D eigenvalue weighted by molar-refractivity contribution is 0.0577. The first-order chi connectivity index (χ1) is 11.8. The number of ether oxygens (including phenoxy) is 3. The molecule has 1 aliphatic rings. The van der Waals surface area contributed by atoms with E-state index in [2.05, 4.69) is 16.8 Å². The average Bonchev–Trinajstić information content (AvgIpc) is 2.63. The first kappa shape index (κ1) is 16.6. The van der Waals surface area contributed by atoms with Crippen molar-refractivity contribution in [3.8, 4) is 17.2 Å². The first-order valence-corrected chi connectivity index (χ1v) is 8.47. The Morgan fingerprint density at radius 1 is 1.17 bits per heavy atom. The van der Waals surface area contributed by atoms with Crippen LogP contribution >= 0.6 is 0 Å². The molecule has 0 radical (unpaired) electrons. The SMILES string of the molecule is CCOc1ccc(CN(CC)C[C@H]2COc3ccccc3O2)nc1. The van der Waals surface area contributed by atoms with E-state index in [0.717, 1.165) is 42.6 Å². The fourth-order valence-electron chi connectivity index (χ4n) is 2.73. The van der Waals surface area contributed by atoms with Crippen LogP contribution in [0.25, 0.3) is 0 Å². The van der Waals surface area contributed by atoms with Gasteiger partial charge in [0.25, 0.3) is 0 Å². The normalized spacial score (nSPS) is 16.2. The highest BCUT2D eigenvalue weighted by atomic mass is 16.6. The highest BCUT2D eigenvalue weighted by molar-refractivity contribution is 5.40. The Kier molecular flexibility index (Phi) is 5.54. The third-order valence-electron chi connectivity index (χ3n) is 3.97. The molecule has 1 aromatic heterocycles. The molecule has 0 unspecified atom stereocenters. The van der Waals surface area contributed by atoms with E-state index in [4.69, 9.17) is 14.2 Å². The lowest BCUT2D eigenvalue weighted by atomic mass is 10.2. The summed E-state index contributed by atoms with van der Waals surface area (Å²) < 4.78 is 17.3. The predicted molar refractivity (Wildman–Crippen MR) is 92.7 cm³/mol. The zero-order valence-corrected chi connectivity index (χ0v) is 14.3. The summed E-state index contributed by atoms with van der Waals surface area (Å²) in [5.74, 6) is 2.46. The molecule has 5 heteroatoms. The third-order valence-corrected chi connectivity index (χ3v) is 3.97. The Labute approximate surface area is 143 Å². The maximum Gasteiger partial charge on any atom is 0.161 e. The molecule has 3 rings (SSSR count). The Bertz CT molecular complexity index is 645. The molecule has 0 saturated carbocycles. The van der Waals surface area contributed by atoms with Gasteiger partial charge in [0.05, 0.1) is 18.5 Å². The predicted octanol–water partition coefficient (Wildman–Crippen LogP) is 3.14. The smallest absolute Gasteiger partial charge is 0.161 e. The quantitative estimate of drug-likeness (QED) is 0.781. The third kappa shape index (κ3) is 4.17. The van der Waals surface area contributed by atoms with Gasteiger partial charge in [-0.3, -0.25) is 9.88 Å². The summed E-state index contributed by atoms with van der Waals surface area (Å²) >= 11 is 0. The molecule has 2 aromatic rings. The number of hydrogen-bond acceptors (Lipinski definition) is 5. The van der Waals surface area contributed by atoms with Crippen molar-refractivity contribution in [3.05, 3.63) is 48.3 Å². The standard InChI is InChI=1S/C19H24N2O3/c1-3-21(12-15-9-10-16(11-20-15)22-4-2)13-17-14-23-18-7-5-6-8-19(18)24-17/h5-11,17H,3-4,12-14H2,1-2H3/t17-/m0/s1. The van der Waals surface area contributed by atoms with Crippen molar-refractivity contribution >= 4 is 0 Å².